The Morgan fingerprint density at radius 1 is 0.967 bits per heavy atom. The lowest BCUT2D eigenvalue weighted by Gasteiger charge is -2.00. The van der Waals surface area contributed by atoms with E-state index in [-0.39, 0.29) is 0 Å². The van der Waals surface area contributed by atoms with E-state index in [4.69, 9.17) is 17.3 Å². The van der Waals surface area contributed by atoms with E-state index in [1.807, 2.05) is 89.1 Å². The number of hydrogen-bond acceptors (Lipinski definition) is 5. The summed E-state index contributed by atoms with van der Waals surface area (Å²) in [6.07, 6.45) is 3.74. The largest absolute Gasteiger partial charge is 0.250 e. The molecule has 5 aromatic rings. The SMILES string of the molecule is S=c1[nH]nc(-c2cccs2)n1N=Cc1cn(-c2ccccc2)nc1-c1ccccc1. The van der Waals surface area contributed by atoms with E-state index in [9.17, 15) is 0 Å². The molecular weight excluding hydrogens is 412 g/mol. The number of nitrogens with one attached hydrogen (secondary N) is 1. The number of H-pyrrole nitrogens is 1. The maximum Gasteiger partial charge on any atom is 0.216 e. The summed E-state index contributed by atoms with van der Waals surface area (Å²) >= 11 is 6.97. The Bertz CT molecular complexity index is 1350. The first-order chi connectivity index (χ1) is 14.8. The Hall–Kier alpha value is -3.62. The molecule has 2 aromatic carbocycles. The van der Waals surface area contributed by atoms with Crippen molar-refractivity contribution in [2.24, 2.45) is 5.10 Å². The van der Waals surface area contributed by atoms with Crippen LogP contribution in [0.15, 0.2) is 89.5 Å². The average molecular weight is 429 g/mol. The van der Waals surface area contributed by atoms with Gasteiger partial charge in [0.25, 0.3) is 0 Å². The lowest BCUT2D eigenvalue weighted by Crippen LogP contribution is -1.94. The number of para-hydroxylation sites is 1. The summed E-state index contributed by atoms with van der Waals surface area (Å²) in [4.78, 5) is 0.989. The Labute approximate surface area is 181 Å². The number of aromatic amines is 1. The van der Waals surface area contributed by atoms with Gasteiger partial charge in [0.1, 0.15) is 5.69 Å². The van der Waals surface area contributed by atoms with Crippen molar-refractivity contribution in [3.8, 4) is 27.6 Å². The van der Waals surface area contributed by atoms with Gasteiger partial charge >= 0.3 is 0 Å². The minimum absolute atomic E-state index is 0.436. The summed E-state index contributed by atoms with van der Waals surface area (Å²) in [6.45, 7) is 0. The quantitative estimate of drug-likeness (QED) is 0.301. The molecule has 0 amide bonds. The lowest BCUT2D eigenvalue weighted by atomic mass is 10.1. The third-order valence-corrected chi connectivity index (χ3v) is 5.64. The van der Waals surface area contributed by atoms with E-state index in [0.717, 1.165) is 27.4 Å². The molecule has 0 aliphatic rings. The number of hydrogen-bond donors (Lipinski definition) is 1. The van der Waals surface area contributed by atoms with E-state index in [2.05, 4.69) is 15.3 Å². The summed E-state index contributed by atoms with van der Waals surface area (Å²) < 4.78 is 3.93. The van der Waals surface area contributed by atoms with E-state index < -0.39 is 0 Å². The number of thiophene rings is 1. The molecule has 30 heavy (non-hydrogen) atoms. The van der Waals surface area contributed by atoms with E-state index in [1.165, 1.54) is 0 Å². The highest BCUT2D eigenvalue weighted by molar-refractivity contribution is 7.71. The third kappa shape index (κ3) is 3.54. The van der Waals surface area contributed by atoms with Gasteiger partial charge in [-0.25, -0.2) is 9.78 Å². The summed E-state index contributed by atoms with van der Waals surface area (Å²) in [5.74, 6) is 0.683. The van der Waals surface area contributed by atoms with Gasteiger partial charge in [-0.2, -0.15) is 20.0 Å². The molecule has 0 unspecified atom stereocenters. The van der Waals surface area contributed by atoms with Crippen LogP contribution in [0.4, 0.5) is 0 Å². The summed E-state index contributed by atoms with van der Waals surface area (Å²) in [5, 5.41) is 18.6. The van der Waals surface area contributed by atoms with Gasteiger partial charge in [-0.15, -0.1) is 11.3 Å². The fourth-order valence-corrected chi connectivity index (χ4v) is 3.98. The Balaban J connectivity index is 1.60. The molecule has 0 radical (unpaired) electrons. The van der Waals surface area contributed by atoms with Crippen molar-refractivity contribution >= 4 is 29.8 Å². The van der Waals surface area contributed by atoms with Crippen molar-refractivity contribution in [1.29, 1.82) is 0 Å². The third-order valence-electron chi connectivity index (χ3n) is 4.51. The first kappa shape index (κ1) is 18.4. The molecule has 0 saturated heterocycles. The summed E-state index contributed by atoms with van der Waals surface area (Å²) in [6, 6.07) is 24.0. The molecule has 0 bridgehead atoms. The molecule has 0 aliphatic heterocycles. The van der Waals surface area contributed by atoms with Crippen LogP contribution in [-0.4, -0.2) is 30.9 Å². The van der Waals surface area contributed by atoms with Crippen LogP contribution < -0.4 is 0 Å². The monoisotopic (exact) mass is 428 g/mol. The normalized spacial score (nSPS) is 11.3. The fourth-order valence-electron chi connectivity index (χ4n) is 3.10. The van der Waals surface area contributed by atoms with Crippen molar-refractivity contribution in [2.45, 2.75) is 0 Å². The predicted molar refractivity (Wildman–Crippen MR) is 123 cm³/mol. The van der Waals surface area contributed by atoms with Gasteiger partial charge in [0.15, 0.2) is 5.82 Å². The second-order valence-corrected chi connectivity index (χ2v) is 7.80. The smallest absolute Gasteiger partial charge is 0.216 e. The van der Waals surface area contributed by atoms with Crippen LogP contribution in [0.25, 0.3) is 27.6 Å². The van der Waals surface area contributed by atoms with Crippen molar-refractivity contribution in [2.75, 3.05) is 0 Å². The zero-order chi connectivity index (χ0) is 20.3. The highest BCUT2D eigenvalue weighted by Crippen LogP contribution is 2.24. The summed E-state index contributed by atoms with van der Waals surface area (Å²) in [7, 11) is 0. The standard InChI is InChI=1S/C22H16N6S2/c29-22-25-24-21(19-12-7-13-30-19)28(22)23-14-17-15-27(18-10-5-2-6-11-18)26-20(17)16-8-3-1-4-9-16/h1-15H,(H,25,29). The minimum Gasteiger partial charge on any atom is -0.250 e. The van der Waals surface area contributed by atoms with Crippen LogP contribution in [-0.2, 0) is 0 Å². The number of benzene rings is 2. The zero-order valence-corrected chi connectivity index (χ0v) is 17.3. The maximum atomic E-state index is 5.39. The number of nitrogens with zero attached hydrogens (tertiary/aromatic N) is 5. The topological polar surface area (TPSA) is 63.8 Å². The van der Waals surface area contributed by atoms with Gasteiger partial charge in [0, 0.05) is 17.3 Å². The Morgan fingerprint density at radius 3 is 2.47 bits per heavy atom. The first-order valence-electron chi connectivity index (χ1n) is 9.26. The molecule has 0 spiro atoms. The van der Waals surface area contributed by atoms with Gasteiger partial charge < -0.3 is 0 Å². The van der Waals surface area contributed by atoms with Gasteiger partial charge in [0.05, 0.1) is 16.8 Å². The molecule has 6 nitrogen and oxygen atoms in total. The maximum absolute atomic E-state index is 5.39. The van der Waals surface area contributed by atoms with Gasteiger partial charge in [-0.05, 0) is 35.8 Å². The lowest BCUT2D eigenvalue weighted by molar-refractivity contribution is 0.873. The minimum atomic E-state index is 0.436. The predicted octanol–water partition coefficient (Wildman–Crippen LogP) is 5.40. The van der Waals surface area contributed by atoms with E-state index >= 15 is 0 Å². The van der Waals surface area contributed by atoms with Crippen LogP contribution in [0.1, 0.15) is 5.56 Å². The van der Waals surface area contributed by atoms with Crippen molar-refractivity contribution in [3.63, 3.8) is 0 Å². The van der Waals surface area contributed by atoms with Gasteiger partial charge in [-0.3, -0.25) is 0 Å². The highest BCUT2D eigenvalue weighted by atomic mass is 32.1. The van der Waals surface area contributed by atoms with E-state index in [1.54, 1.807) is 22.2 Å². The molecule has 0 aliphatic carbocycles. The molecule has 0 saturated carbocycles. The fraction of sp³-hybridized carbons (Fsp3) is 0. The van der Waals surface area contributed by atoms with Gasteiger partial charge in [-0.1, -0.05) is 54.6 Å². The number of aromatic nitrogens is 5. The van der Waals surface area contributed by atoms with Gasteiger partial charge in [0.2, 0.25) is 4.77 Å². The van der Waals surface area contributed by atoms with Crippen LogP contribution in [0.3, 0.4) is 0 Å². The summed E-state index contributed by atoms with van der Waals surface area (Å²) in [5.41, 5.74) is 3.72. The van der Waals surface area contributed by atoms with Crippen LogP contribution in [0.2, 0.25) is 0 Å². The average Bonchev–Trinajstić information content (AvgIpc) is 3.54. The molecule has 3 heterocycles. The second-order valence-electron chi connectivity index (χ2n) is 6.47. The highest BCUT2D eigenvalue weighted by Gasteiger charge is 2.12. The van der Waals surface area contributed by atoms with Crippen molar-refractivity contribution < 1.29 is 0 Å². The molecule has 146 valence electrons. The molecule has 5 rings (SSSR count). The zero-order valence-electron chi connectivity index (χ0n) is 15.7. The van der Waals surface area contributed by atoms with E-state index in [0.29, 0.717) is 10.6 Å². The van der Waals surface area contributed by atoms with Crippen molar-refractivity contribution in [1.82, 2.24) is 24.7 Å². The molecule has 0 fully saturated rings. The number of rotatable bonds is 5. The molecule has 1 N–H and O–H groups in total. The molecular formula is C22H16N6S2. The second kappa shape index (κ2) is 8.02. The molecule has 8 heteroatoms. The first-order valence-corrected chi connectivity index (χ1v) is 10.5. The Kier molecular flexibility index (Phi) is 4.92. The molecule has 3 aromatic heterocycles. The van der Waals surface area contributed by atoms with Crippen molar-refractivity contribution in [3.05, 3.63) is 94.7 Å². The van der Waals surface area contributed by atoms with Crippen LogP contribution in [0, 0.1) is 4.77 Å². The van der Waals surface area contributed by atoms with Crippen LogP contribution >= 0.6 is 23.6 Å². The van der Waals surface area contributed by atoms with Crippen LogP contribution in [0.5, 0.6) is 0 Å². The molecule has 0 atom stereocenters. The Morgan fingerprint density at radius 2 is 1.73 bits per heavy atom.